The highest BCUT2D eigenvalue weighted by atomic mass is 35.5. The highest BCUT2D eigenvalue weighted by molar-refractivity contribution is 6.31. The first-order valence-electron chi connectivity index (χ1n) is 11.8. The molecule has 11 nitrogen and oxygen atoms in total. The molecule has 1 amide bonds. The number of fused-ring (bicyclic) bond motifs is 1. The topological polar surface area (TPSA) is 135 Å². The molecule has 0 saturated carbocycles. The number of anilines is 1. The number of H-pyrrole nitrogens is 1. The molecule has 4 heterocycles. The van der Waals surface area contributed by atoms with Crippen molar-refractivity contribution in [2.24, 2.45) is 0 Å². The van der Waals surface area contributed by atoms with E-state index in [1.165, 1.54) is 18.1 Å². The average Bonchev–Trinajstić information content (AvgIpc) is 3.69. The monoisotopic (exact) mass is 528 g/mol. The molecule has 12 heteroatoms. The van der Waals surface area contributed by atoms with E-state index in [4.69, 9.17) is 21.7 Å². The van der Waals surface area contributed by atoms with Gasteiger partial charge in [0.2, 0.25) is 0 Å². The molecule has 0 radical (unpaired) electrons. The Labute approximate surface area is 221 Å². The summed E-state index contributed by atoms with van der Waals surface area (Å²) < 4.78 is 3.31. The van der Waals surface area contributed by atoms with Gasteiger partial charge in [0, 0.05) is 46.8 Å². The minimum Gasteiger partial charge on any atom is -0.465 e. The van der Waals surface area contributed by atoms with Gasteiger partial charge >= 0.3 is 6.09 Å². The van der Waals surface area contributed by atoms with Crippen molar-refractivity contribution < 1.29 is 9.90 Å². The molecule has 1 atom stereocenters. The zero-order chi connectivity index (χ0) is 26.4. The van der Waals surface area contributed by atoms with Gasteiger partial charge in [-0.25, -0.2) is 9.78 Å². The third-order valence-corrected chi connectivity index (χ3v) is 6.98. The van der Waals surface area contributed by atoms with Crippen LogP contribution in [0.5, 0.6) is 0 Å². The second kappa shape index (κ2) is 9.27. The number of pyridine rings is 1. The second-order valence-corrected chi connectivity index (χ2v) is 9.41. The van der Waals surface area contributed by atoms with Crippen LogP contribution in [0.15, 0.2) is 71.9 Å². The van der Waals surface area contributed by atoms with E-state index in [-0.39, 0.29) is 11.6 Å². The van der Waals surface area contributed by atoms with Crippen molar-refractivity contribution in [1.29, 1.82) is 0 Å². The fourth-order valence-electron chi connectivity index (χ4n) is 4.84. The number of halogens is 1. The van der Waals surface area contributed by atoms with Gasteiger partial charge in [-0.1, -0.05) is 23.7 Å². The second-order valence-electron chi connectivity index (χ2n) is 8.97. The molecule has 5 aromatic rings. The number of aryl methyl sites for hydroxylation is 1. The summed E-state index contributed by atoms with van der Waals surface area (Å²) in [6.07, 6.45) is 3.70. The standard InChI is InChI=1S/C26H21ClN8O3/c1-33(26(37)38)18-5-2-15(3-6-18)21-13-28-25(30-21)23-9-7-19-10-16(11-24(36)35(19)23)20-12-17(27)4-8-22(20)34-14-29-31-32-34/h2-6,8,10-14,23H,7,9H2,1H3,(H,28,30)(H,37,38)/t23-/m0/s1. The first-order valence-corrected chi connectivity index (χ1v) is 12.2. The maximum Gasteiger partial charge on any atom is 0.411 e. The normalized spacial score (nSPS) is 14.4. The molecular formula is C26H21ClN8O3. The average molecular weight is 529 g/mol. The summed E-state index contributed by atoms with van der Waals surface area (Å²) in [6, 6.07) is 15.9. The first kappa shape index (κ1) is 23.6. The van der Waals surface area contributed by atoms with Crippen molar-refractivity contribution in [3.63, 3.8) is 0 Å². The molecule has 0 aliphatic carbocycles. The number of benzene rings is 2. The number of carbonyl (C=O) groups is 1. The van der Waals surface area contributed by atoms with Crippen LogP contribution in [0.25, 0.3) is 28.1 Å². The van der Waals surface area contributed by atoms with Crippen molar-refractivity contribution in [1.82, 2.24) is 34.7 Å². The van der Waals surface area contributed by atoms with E-state index >= 15 is 0 Å². The van der Waals surface area contributed by atoms with Gasteiger partial charge in [0.05, 0.1) is 17.4 Å². The van der Waals surface area contributed by atoms with Crippen molar-refractivity contribution in [3.05, 3.63) is 94.0 Å². The highest BCUT2D eigenvalue weighted by Gasteiger charge is 2.28. The Morgan fingerprint density at radius 1 is 1.13 bits per heavy atom. The smallest absolute Gasteiger partial charge is 0.411 e. The predicted molar refractivity (Wildman–Crippen MR) is 141 cm³/mol. The summed E-state index contributed by atoms with van der Waals surface area (Å²) >= 11 is 6.29. The Bertz CT molecular complexity index is 1710. The van der Waals surface area contributed by atoms with E-state index in [2.05, 4.69) is 20.5 Å². The lowest BCUT2D eigenvalue weighted by atomic mass is 10.0. The minimum absolute atomic E-state index is 0.137. The van der Waals surface area contributed by atoms with Gasteiger partial charge in [-0.05, 0) is 65.2 Å². The predicted octanol–water partition coefficient (Wildman–Crippen LogP) is 4.18. The molecule has 0 saturated heterocycles. The Morgan fingerprint density at radius 3 is 2.68 bits per heavy atom. The van der Waals surface area contributed by atoms with Gasteiger partial charge in [-0.15, -0.1) is 5.10 Å². The van der Waals surface area contributed by atoms with Crippen LogP contribution < -0.4 is 10.5 Å². The molecule has 1 aliphatic rings. The highest BCUT2D eigenvalue weighted by Crippen LogP contribution is 2.34. The maximum absolute atomic E-state index is 13.4. The number of hydrogen-bond donors (Lipinski definition) is 2. The summed E-state index contributed by atoms with van der Waals surface area (Å²) in [5.74, 6) is 0.692. The zero-order valence-electron chi connectivity index (χ0n) is 20.1. The van der Waals surface area contributed by atoms with E-state index in [0.717, 1.165) is 39.4 Å². The molecule has 6 rings (SSSR count). The third-order valence-electron chi connectivity index (χ3n) is 6.75. The van der Waals surface area contributed by atoms with Gasteiger partial charge in [-0.3, -0.25) is 9.69 Å². The number of aromatic amines is 1. The summed E-state index contributed by atoms with van der Waals surface area (Å²) in [4.78, 5) is 33.7. The van der Waals surface area contributed by atoms with Crippen LogP contribution in [0.4, 0.5) is 10.5 Å². The number of rotatable bonds is 5. The quantitative estimate of drug-likeness (QED) is 0.349. The summed E-state index contributed by atoms with van der Waals surface area (Å²) in [6.45, 7) is 0. The molecule has 3 aromatic heterocycles. The van der Waals surface area contributed by atoms with Crippen LogP contribution in [0, 0.1) is 0 Å². The van der Waals surface area contributed by atoms with Crippen molar-refractivity contribution in [2.75, 3.05) is 11.9 Å². The van der Waals surface area contributed by atoms with Crippen LogP contribution in [0.3, 0.4) is 0 Å². The van der Waals surface area contributed by atoms with Gasteiger partial charge in [0.1, 0.15) is 12.2 Å². The van der Waals surface area contributed by atoms with Crippen LogP contribution in [0.2, 0.25) is 5.02 Å². The summed E-state index contributed by atoms with van der Waals surface area (Å²) in [5.41, 5.74) is 5.09. The van der Waals surface area contributed by atoms with Crippen LogP contribution in [-0.4, -0.2) is 53.0 Å². The third kappa shape index (κ3) is 4.12. The lowest BCUT2D eigenvalue weighted by molar-refractivity contribution is 0.203. The molecule has 0 spiro atoms. The first-order chi connectivity index (χ1) is 18.4. The Hall–Kier alpha value is -4.77. The number of nitrogens with one attached hydrogen (secondary N) is 1. The number of imidazole rings is 1. The largest absolute Gasteiger partial charge is 0.465 e. The molecule has 2 N–H and O–H groups in total. The number of carboxylic acid groups (broad SMARTS) is 1. The molecule has 2 aromatic carbocycles. The SMILES string of the molecule is CN(C(=O)O)c1ccc(-c2c[nH]c([C@@H]3CCc4cc(-c5cc(Cl)ccc5-n5cnnn5)cc(=O)n43)n2)cc1. The Kier molecular flexibility index (Phi) is 5.76. The zero-order valence-corrected chi connectivity index (χ0v) is 20.9. The van der Waals surface area contributed by atoms with Crippen LogP contribution >= 0.6 is 11.6 Å². The van der Waals surface area contributed by atoms with E-state index in [9.17, 15) is 9.59 Å². The molecule has 0 bridgehead atoms. The summed E-state index contributed by atoms with van der Waals surface area (Å²) in [5, 5.41) is 21.1. The van der Waals surface area contributed by atoms with Crippen LogP contribution in [-0.2, 0) is 6.42 Å². The van der Waals surface area contributed by atoms with E-state index in [1.54, 1.807) is 41.1 Å². The van der Waals surface area contributed by atoms with Gasteiger partial charge < -0.3 is 14.7 Å². The molecule has 1 aliphatic heterocycles. The maximum atomic E-state index is 13.4. The van der Waals surface area contributed by atoms with Gasteiger partial charge in [0.25, 0.3) is 5.56 Å². The lowest BCUT2D eigenvalue weighted by Gasteiger charge is -2.15. The van der Waals surface area contributed by atoms with Crippen LogP contribution in [0.1, 0.15) is 24.0 Å². The summed E-state index contributed by atoms with van der Waals surface area (Å²) in [7, 11) is 1.49. The van der Waals surface area contributed by atoms with Gasteiger partial charge in [-0.2, -0.15) is 4.68 Å². The Balaban J connectivity index is 1.32. The molecular weight excluding hydrogens is 508 g/mol. The minimum atomic E-state index is -1.03. The van der Waals surface area contributed by atoms with E-state index in [1.807, 2.05) is 24.3 Å². The fraction of sp³-hybridized carbons (Fsp3) is 0.154. The number of tetrazole rings is 1. The number of nitrogens with zero attached hydrogens (tertiary/aromatic N) is 7. The van der Waals surface area contributed by atoms with Crippen molar-refractivity contribution in [2.45, 2.75) is 18.9 Å². The molecule has 0 fully saturated rings. The molecule has 190 valence electrons. The van der Waals surface area contributed by atoms with E-state index < -0.39 is 6.09 Å². The fourth-order valence-corrected chi connectivity index (χ4v) is 5.01. The van der Waals surface area contributed by atoms with E-state index in [0.29, 0.717) is 28.6 Å². The number of amides is 1. The van der Waals surface area contributed by atoms with Gasteiger partial charge in [0.15, 0.2) is 0 Å². The molecule has 38 heavy (non-hydrogen) atoms. The van der Waals surface area contributed by atoms with Crippen molar-refractivity contribution in [3.8, 4) is 28.1 Å². The lowest BCUT2D eigenvalue weighted by Crippen LogP contribution is -2.24. The molecule has 0 unspecified atom stereocenters. The van der Waals surface area contributed by atoms with Crippen molar-refractivity contribution >= 4 is 23.4 Å². The number of hydrogen-bond acceptors (Lipinski definition) is 6. The Morgan fingerprint density at radius 2 is 1.95 bits per heavy atom. The number of aromatic nitrogens is 7.